The maximum Gasteiger partial charge on any atom is 0.229 e. The van der Waals surface area contributed by atoms with Gasteiger partial charge in [-0.25, -0.2) is 14.4 Å². The zero-order valence-electron chi connectivity index (χ0n) is 13.8. The van der Waals surface area contributed by atoms with Crippen LogP contribution in [0.15, 0.2) is 42.7 Å². The van der Waals surface area contributed by atoms with Gasteiger partial charge in [0.2, 0.25) is 11.9 Å². The van der Waals surface area contributed by atoms with E-state index in [9.17, 15) is 14.3 Å². The van der Waals surface area contributed by atoms with Crippen LogP contribution in [0.2, 0.25) is 0 Å². The van der Waals surface area contributed by atoms with Gasteiger partial charge in [0.05, 0.1) is 6.10 Å². The standard InChI is InChI=1S/C18H21FN4O2/c19-15-4-2-13(3-5-15)16(24)12-23-10-6-14(7-11-23)17(25)22-18-20-8-1-9-21-18/h1-5,8-9,14,16,24H,6-7,10-12H2,(H,20,21,22,25). The van der Waals surface area contributed by atoms with Gasteiger partial charge in [-0.05, 0) is 49.7 Å². The third-order valence-corrected chi connectivity index (χ3v) is 4.45. The summed E-state index contributed by atoms with van der Waals surface area (Å²) in [7, 11) is 0. The number of hydrogen-bond acceptors (Lipinski definition) is 5. The molecule has 1 unspecified atom stereocenters. The topological polar surface area (TPSA) is 78.4 Å². The molecule has 0 spiro atoms. The fourth-order valence-corrected chi connectivity index (χ4v) is 2.99. The van der Waals surface area contributed by atoms with Gasteiger partial charge < -0.3 is 10.0 Å². The number of rotatable bonds is 5. The van der Waals surface area contributed by atoms with Crippen LogP contribution in [0.3, 0.4) is 0 Å². The number of aromatic nitrogens is 2. The second kappa shape index (κ2) is 8.13. The van der Waals surface area contributed by atoms with Crippen molar-refractivity contribution in [1.82, 2.24) is 14.9 Å². The SMILES string of the molecule is O=C(Nc1ncccn1)C1CCN(CC(O)c2ccc(F)cc2)CC1. The van der Waals surface area contributed by atoms with Crippen LogP contribution in [0.1, 0.15) is 24.5 Å². The number of anilines is 1. The van der Waals surface area contributed by atoms with Crippen LogP contribution in [0.25, 0.3) is 0 Å². The average molecular weight is 344 g/mol. The van der Waals surface area contributed by atoms with Crippen molar-refractivity contribution < 1.29 is 14.3 Å². The molecular formula is C18H21FN4O2. The molecule has 0 saturated carbocycles. The fraction of sp³-hybridized carbons (Fsp3) is 0.389. The van der Waals surface area contributed by atoms with Gasteiger partial charge in [0, 0.05) is 24.9 Å². The Morgan fingerprint density at radius 3 is 2.52 bits per heavy atom. The minimum Gasteiger partial charge on any atom is -0.387 e. The lowest BCUT2D eigenvalue weighted by Gasteiger charge is -2.32. The van der Waals surface area contributed by atoms with Crippen LogP contribution in [-0.2, 0) is 4.79 Å². The van der Waals surface area contributed by atoms with E-state index in [4.69, 9.17) is 0 Å². The van der Waals surface area contributed by atoms with Gasteiger partial charge in [-0.2, -0.15) is 0 Å². The number of likely N-dealkylation sites (tertiary alicyclic amines) is 1. The van der Waals surface area contributed by atoms with Crippen molar-refractivity contribution in [3.63, 3.8) is 0 Å². The predicted molar refractivity (Wildman–Crippen MR) is 91.2 cm³/mol. The first kappa shape index (κ1) is 17.4. The van der Waals surface area contributed by atoms with Crippen molar-refractivity contribution in [2.75, 3.05) is 25.0 Å². The Balaban J connectivity index is 1.46. The molecule has 1 amide bonds. The summed E-state index contributed by atoms with van der Waals surface area (Å²) in [6.07, 6.45) is 3.94. The molecular weight excluding hydrogens is 323 g/mol. The van der Waals surface area contributed by atoms with Gasteiger partial charge in [0.1, 0.15) is 5.82 Å². The van der Waals surface area contributed by atoms with E-state index >= 15 is 0 Å². The second-order valence-corrected chi connectivity index (χ2v) is 6.20. The molecule has 2 N–H and O–H groups in total. The largest absolute Gasteiger partial charge is 0.387 e. The monoisotopic (exact) mass is 344 g/mol. The van der Waals surface area contributed by atoms with Crippen LogP contribution in [0.5, 0.6) is 0 Å². The Kier molecular flexibility index (Phi) is 5.67. The summed E-state index contributed by atoms with van der Waals surface area (Å²) in [5, 5.41) is 13.0. The van der Waals surface area contributed by atoms with Crippen LogP contribution >= 0.6 is 0 Å². The molecule has 7 heteroatoms. The summed E-state index contributed by atoms with van der Waals surface area (Å²) in [4.78, 5) is 22.4. The third kappa shape index (κ3) is 4.80. The average Bonchev–Trinajstić information content (AvgIpc) is 2.63. The number of halogens is 1. The molecule has 1 atom stereocenters. The molecule has 1 aliphatic rings. The van der Waals surface area contributed by atoms with E-state index in [0.717, 1.165) is 25.9 Å². The molecule has 6 nitrogen and oxygen atoms in total. The fourth-order valence-electron chi connectivity index (χ4n) is 2.99. The molecule has 1 aromatic carbocycles. The van der Waals surface area contributed by atoms with E-state index in [-0.39, 0.29) is 17.6 Å². The Morgan fingerprint density at radius 1 is 1.24 bits per heavy atom. The lowest BCUT2D eigenvalue weighted by atomic mass is 9.95. The Hall–Kier alpha value is -2.38. The maximum atomic E-state index is 12.9. The first-order valence-corrected chi connectivity index (χ1v) is 8.35. The van der Waals surface area contributed by atoms with Crippen molar-refractivity contribution >= 4 is 11.9 Å². The summed E-state index contributed by atoms with van der Waals surface area (Å²) >= 11 is 0. The van der Waals surface area contributed by atoms with Crippen LogP contribution in [0, 0.1) is 11.7 Å². The normalized spacial score (nSPS) is 17.2. The lowest BCUT2D eigenvalue weighted by Crippen LogP contribution is -2.40. The highest BCUT2D eigenvalue weighted by atomic mass is 19.1. The molecule has 3 rings (SSSR count). The Labute approximate surface area is 145 Å². The van der Waals surface area contributed by atoms with Crippen molar-refractivity contribution in [2.24, 2.45) is 5.92 Å². The van der Waals surface area contributed by atoms with Gasteiger partial charge in [-0.3, -0.25) is 10.1 Å². The molecule has 25 heavy (non-hydrogen) atoms. The van der Waals surface area contributed by atoms with E-state index < -0.39 is 6.10 Å². The minimum atomic E-state index is -0.663. The van der Waals surface area contributed by atoms with E-state index in [2.05, 4.69) is 20.2 Å². The van der Waals surface area contributed by atoms with Crippen molar-refractivity contribution in [3.8, 4) is 0 Å². The number of carbonyl (C=O) groups is 1. The number of β-amino-alcohol motifs (C(OH)–C–C–N with tert-alkyl or cyclic N) is 1. The zero-order chi connectivity index (χ0) is 17.6. The predicted octanol–water partition coefficient (Wildman–Crippen LogP) is 2.00. The molecule has 2 heterocycles. The maximum absolute atomic E-state index is 12.9. The number of aliphatic hydroxyl groups excluding tert-OH is 1. The van der Waals surface area contributed by atoms with Gasteiger partial charge >= 0.3 is 0 Å². The lowest BCUT2D eigenvalue weighted by molar-refractivity contribution is -0.121. The summed E-state index contributed by atoms with van der Waals surface area (Å²) in [6.45, 7) is 1.93. The molecule has 132 valence electrons. The number of aliphatic hydroxyl groups is 1. The number of benzene rings is 1. The molecule has 1 aliphatic heterocycles. The minimum absolute atomic E-state index is 0.0649. The number of piperidine rings is 1. The Bertz CT molecular complexity index is 688. The number of carbonyl (C=O) groups excluding carboxylic acids is 1. The molecule has 0 bridgehead atoms. The van der Waals surface area contributed by atoms with E-state index in [0.29, 0.717) is 18.1 Å². The van der Waals surface area contributed by atoms with Crippen molar-refractivity contribution in [1.29, 1.82) is 0 Å². The molecule has 1 fully saturated rings. The number of nitrogens with one attached hydrogen (secondary N) is 1. The highest BCUT2D eigenvalue weighted by Gasteiger charge is 2.26. The smallest absolute Gasteiger partial charge is 0.229 e. The number of nitrogens with zero attached hydrogens (tertiary/aromatic N) is 3. The summed E-state index contributed by atoms with van der Waals surface area (Å²) in [6, 6.07) is 7.59. The number of amides is 1. The first-order valence-electron chi connectivity index (χ1n) is 8.35. The Morgan fingerprint density at radius 2 is 1.88 bits per heavy atom. The third-order valence-electron chi connectivity index (χ3n) is 4.45. The van der Waals surface area contributed by atoms with Crippen LogP contribution in [-0.4, -0.2) is 45.5 Å². The molecule has 1 aromatic heterocycles. The zero-order valence-corrected chi connectivity index (χ0v) is 13.8. The van der Waals surface area contributed by atoms with Gasteiger partial charge in [-0.1, -0.05) is 12.1 Å². The van der Waals surface area contributed by atoms with Gasteiger partial charge in [-0.15, -0.1) is 0 Å². The summed E-state index contributed by atoms with van der Waals surface area (Å²) < 4.78 is 12.9. The quantitative estimate of drug-likeness (QED) is 0.867. The number of hydrogen-bond donors (Lipinski definition) is 2. The second-order valence-electron chi connectivity index (χ2n) is 6.20. The van der Waals surface area contributed by atoms with Gasteiger partial charge in [0.15, 0.2) is 0 Å². The highest BCUT2D eigenvalue weighted by Crippen LogP contribution is 2.22. The molecule has 1 saturated heterocycles. The van der Waals surface area contributed by atoms with Gasteiger partial charge in [0.25, 0.3) is 0 Å². The molecule has 0 radical (unpaired) electrons. The molecule has 0 aliphatic carbocycles. The summed E-state index contributed by atoms with van der Waals surface area (Å²) in [5.41, 5.74) is 0.697. The molecule has 2 aromatic rings. The van der Waals surface area contributed by atoms with E-state index in [1.807, 2.05) is 0 Å². The van der Waals surface area contributed by atoms with Crippen molar-refractivity contribution in [3.05, 3.63) is 54.1 Å². The van der Waals surface area contributed by atoms with Crippen LogP contribution in [0.4, 0.5) is 10.3 Å². The van der Waals surface area contributed by atoms with E-state index in [1.165, 1.54) is 12.1 Å². The first-order chi connectivity index (χ1) is 12.1. The van der Waals surface area contributed by atoms with Crippen molar-refractivity contribution in [2.45, 2.75) is 18.9 Å². The highest BCUT2D eigenvalue weighted by molar-refractivity contribution is 5.90. The van der Waals surface area contributed by atoms with Crippen LogP contribution < -0.4 is 5.32 Å². The van der Waals surface area contributed by atoms with E-state index in [1.54, 1.807) is 30.6 Å². The summed E-state index contributed by atoms with van der Waals surface area (Å²) in [5.74, 6) is -0.139.